The largest absolute Gasteiger partial charge is 0.386 e. The van der Waals surface area contributed by atoms with Gasteiger partial charge in [0.05, 0.1) is 11.9 Å². The zero-order valence-corrected chi connectivity index (χ0v) is 12.9. The molecule has 3 rings (SSSR count). The minimum atomic E-state index is -0.999. The number of aliphatic hydroxyl groups is 1. The van der Waals surface area contributed by atoms with E-state index in [0.717, 1.165) is 11.5 Å². The molecule has 23 heavy (non-hydrogen) atoms. The number of β-amino-alcohol motifs (C(OH)–C–C–N with tert-alkyl or cyclic N) is 1. The van der Waals surface area contributed by atoms with Crippen molar-refractivity contribution < 1.29 is 14.4 Å². The lowest BCUT2D eigenvalue weighted by Gasteiger charge is -2.23. The number of rotatable bonds is 5. The van der Waals surface area contributed by atoms with E-state index in [0.29, 0.717) is 25.9 Å². The molecule has 2 aromatic heterocycles. The fraction of sp³-hybridized carbons (Fsp3) is 0.467. The van der Waals surface area contributed by atoms with E-state index in [-0.39, 0.29) is 18.2 Å². The Bertz CT molecular complexity index is 675. The average Bonchev–Trinajstić information content (AvgIpc) is 3.21. The monoisotopic (exact) mass is 317 g/mol. The summed E-state index contributed by atoms with van der Waals surface area (Å²) in [6, 6.07) is 1.61. The van der Waals surface area contributed by atoms with E-state index in [1.54, 1.807) is 24.7 Å². The topological polar surface area (TPSA) is 104 Å². The molecule has 122 valence electrons. The van der Waals surface area contributed by atoms with Crippen LogP contribution in [0.5, 0.6) is 0 Å². The molecule has 1 aliphatic heterocycles. The van der Waals surface area contributed by atoms with Crippen molar-refractivity contribution in [3.8, 4) is 0 Å². The Balaban J connectivity index is 1.56. The molecule has 0 bridgehead atoms. The molecule has 0 aromatic carbocycles. The molecule has 2 N–H and O–H groups in total. The maximum atomic E-state index is 12.0. The van der Waals surface area contributed by atoms with Crippen LogP contribution < -0.4 is 10.2 Å². The molecule has 1 atom stereocenters. The number of anilines is 1. The summed E-state index contributed by atoms with van der Waals surface area (Å²) in [6.07, 6.45) is 6.12. The maximum absolute atomic E-state index is 12.0. The van der Waals surface area contributed by atoms with Crippen LogP contribution in [0.25, 0.3) is 0 Å². The molecule has 1 fully saturated rings. The van der Waals surface area contributed by atoms with Crippen molar-refractivity contribution in [3.63, 3.8) is 0 Å². The number of nitrogens with zero attached hydrogens (tertiary/aromatic N) is 4. The van der Waals surface area contributed by atoms with Gasteiger partial charge in [-0.15, -0.1) is 0 Å². The van der Waals surface area contributed by atoms with Crippen LogP contribution >= 0.6 is 0 Å². The van der Waals surface area contributed by atoms with Crippen LogP contribution in [0.1, 0.15) is 29.6 Å². The summed E-state index contributed by atoms with van der Waals surface area (Å²) in [5.41, 5.74) is -0.274. The summed E-state index contributed by atoms with van der Waals surface area (Å²) >= 11 is 0. The molecule has 0 unspecified atom stereocenters. The Morgan fingerprint density at radius 1 is 1.52 bits per heavy atom. The average molecular weight is 317 g/mol. The van der Waals surface area contributed by atoms with E-state index in [2.05, 4.69) is 20.4 Å². The van der Waals surface area contributed by atoms with Gasteiger partial charge in [-0.2, -0.15) is 0 Å². The number of carbonyl (C=O) groups is 1. The van der Waals surface area contributed by atoms with Gasteiger partial charge in [0.1, 0.15) is 11.4 Å². The first kappa shape index (κ1) is 15.4. The predicted molar refractivity (Wildman–Crippen MR) is 82.0 cm³/mol. The number of hydrogen-bond donors (Lipinski definition) is 2. The highest BCUT2D eigenvalue weighted by atomic mass is 16.5. The minimum absolute atomic E-state index is 0.144. The highest BCUT2D eigenvalue weighted by molar-refractivity contribution is 5.91. The molecular weight excluding hydrogens is 298 g/mol. The SMILES string of the molecule is CCc1cc(C(=O)NC[C@]2(O)CCN(c3cnccn3)C2)on1. The highest BCUT2D eigenvalue weighted by Crippen LogP contribution is 2.24. The van der Waals surface area contributed by atoms with Gasteiger partial charge in [0.15, 0.2) is 0 Å². The zero-order valence-electron chi connectivity index (χ0n) is 12.9. The lowest BCUT2D eigenvalue weighted by atomic mass is 10.0. The standard InChI is InChI=1S/C15H19N5O3/c1-2-11-7-12(23-19-11)14(21)18-9-15(22)3-6-20(10-15)13-8-16-4-5-17-13/h4-5,7-8,22H,2-3,6,9-10H2,1H3,(H,18,21)/t15-/m1/s1. The van der Waals surface area contributed by atoms with Crippen molar-refractivity contribution in [2.45, 2.75) is 25.4 Å². The molecule has 0 aliphatic carbocycles. The van der Waals surface area contributed by atoms with Crippen molar-refractivity contribution in [2.24, 2.45) is 0 Å². The number of nitrogens with one attached hydrogen (secondary N) is 1. The molecule has 8 nitrogen and oxygen atoms in total. The Kier molecular flexibility index (Phi) is 4.24. The van der Waals surface area contributed by atoms with Gasteiger partial charge >= 0.3 is 0 Å². The molecule has 0 radical (unpaired) electrons. The Hall–Kier alpha value is -2.48. The fourth-order valence-electron chi connectivity index (χ4n) is 2.57. The Labute approximate surface area is 133 Å². The summed E-state index contributed by atoms with van der Waals surface area (Å²) in [4.78, 5) is 22.2. The van der Waals surface area contributed by atoms with E-state index in [9.17, 15) is 9.90 Å². The lowest BCUT2D eigenvalue weighted by molar-refractivity contribution is 0.0564. The number of hydrogen-bond acceptors (Lipinski definition) is 7. The molecule has 8 heteroatoms. The Morgan fingerprint density at radius 2 is 2.39 bits per heavy atom. The molecule has 0 saturated carbocycles. The van der Waals surface area contributed by atoms with Crippen LogP contribution in [-0.4, -0.2) is 51.4 Å². The van der Waals surface area contributed by atoms with E-state index >= 15 is 0 Å². The van der Waals surface area contributed by atoms with Gasteiger partial charge in [-0.1, -0.05) is 12.1 Å². The van der Waals surface area contributed by atoms with Crippen molar-refractivity contribution in [1.82, 2.24) is 20.4 Å². The van der Waals surface area contributed by atoms with Crippen LogP contribution in [0, 0.1) is 0 Å². The second-order valence-corrected chi connectivity index (χ2v) is 5.68. The van der Waals surface area contributed by atoms with Crippen LogP contribution in [-0.2, 0) is 6.42 Å². The van der Waals surface area contributed by atoms with E-state index in [1.807, 2.05) is 11.8 Å². The first-order valence-electron chi connectivity index (χ1n) is 7.57. The third-order valence-corrected chi connectivity index (χ3v) is 3.93. The van der Waals surface area contributed by atoms with Gasteiger partial charge in [0, 0.05) is 38.1 Å². The third kappa shape index (κ3) is 3.48. The first-order chi connectivity index (χ1) is 11.1. The van der Waals surface area contributed by atoms with Crippen molar-refractivity contribution in [3.05, 3.63) is 36.1 Å². The number of amides is 1. The van der Waals surface area contributed by atoms with Gasteiger partial charge in [-0.3, -0.25) is 9.78 Å². The molecule has 2 aromatic rings. The Morgan fingerprint density at radius 3 is 3.09 bits per heavy atom. The van der Waals surface area contributed by atoms with Gasteiger partial charge in [-0.25, -0.2) is 4.98 Å². The summed E-state index contributed by atoms with van der Waals surface area (Å²) in [6.45, 7) is 3.13. The maximum Gasteiger partial charge on any atom is 0.290 e. The normalized spacial score (nSPS) is 20.7. The number of aromatic nitrogens is 3. The van der Waals surface area contributed by atoms with Crippen LogP contribution in [0.4, 0.5) is 5.82 Å². The quantitative estimate of drug-likeness (QED) is 0.822. The zero-order chi connectivity index (χ0) is 16.3. The van der Waals surface area contributed by atoms with Gasteiger partial charge in [-0.05, 0) is 12.8 Å². The lowest BCUT2D eigenvalue weighted by Crippen LogP contribution is -2.45. The second-order valence-electron chi connectivity index (χ2n) is 5.68. The summed E-state index contributed by atoms with van der Waals surface area (Å²) in [5, 5.41) is 17.1. The van der Waals surface area contributed by atoms with Crippen LogP contribution in [0.2, 0.25) is 0 Å². The number of carbonyl (C=O) groups excluding carboxylic acids is 1. The van der Waals surface area contributed by atoms with Crippen molar-refractivity contribution in [2.75, 3.05) is 24.5 Å². The smallest absolute Gasteiger partial charge is 0.290 e. The summed E-state index contributed by atoms with van der Waals surface area (Å²) < 4.78 is 4.98. The minimum Gasteiger partial charge on any atom is -0.386 e. The third-order valence-electron chi connectivity index (χ3n) is 3.93. The molecule has 3 heterocycles. The molecule has 0 spiro atoms. The van der Waals surface area contributed by atoms with E-state index in [4.69, 9.17) is 4.52 Å². The highest BCUT2D eigenvalue weighted by Gasteiger charge is 2.37. The second kappa shape index (κ2) is 6.33. The summed E-state index contributed by atoms with van der Waals surface area (Å²) in [7, 11) is 0. The van der Waals surface area contributed by atoms with E-state index < -0.39 is 5.60 Å². The molecule has 1 saturated heterocycles. The fourth-order valence-corrected chi connectivity index (χ4v) is 2.57. The first-order valence-corrected chi connectivity index (χ1v) is 7.57. The molecule has 1 amide bonds. The molecule has 1 aliphatic rings. The summed E-state index contributed by atoms with van der Waals surface area (Å²) in [5.74, 6) is 0.510. The molecular formula is C15H19N5O3. The van der Waals surface area contributed by atoms with Crippen molar-refractivity contribution in [1.29, 1.82) is 0 Å². The predicted octanol–water partition coefficient (Wildman–Crippen LogP) is 0.398. The van der Waals surface area contributed by atoms with Crippen molar-refractivity contribution >= 4 is 11.7 Å². The van der Waals surface area contributed by atoms with Gasteiger partial charge in [0.2, 0.25) is 5.76 Å². The van der Waals surface area contributed by atoms with Crippen LogP contribution in [0.3, 0.4) is 0 Å². The van der Waals surface area contributed by atoms with Gasteiger partial charge < -0.3 is 19.8 Å². The van der Waals surface area contributed by atoms with Gasteiger partial charge in [0.25, 0.3) is 5.91 Å². The number of aryl methyl sites for hydroxylation is 1. The van der Waals surface area contributed by atoms with Crippen LogP contribution in [0.15, 0.2) is 29.2 Å². The van der Waals surface area contributed by atoms with E-state index in [1.165, 1.54) is 0 Å².